The number of aromatic nitrogens is 2. The zero-order chi connectivity index (χ0) is 18.3. The number of halogens is 2. The van der Waals surface area contributed by atoms with E-state index in [0.29, 0.717) is 34.7 Å². The molecule has 2 aromatic carbocycles. The quantitative estimate of drug-likeness (QED) is 0.642. The van der Waals surface area contributed by atoms with E-state index in [-0.39, 0.29) is 11.8 Å². The number of nitrogens with zero attached hydrogens (tertiary/aromatic N) is 3. The maximum absolute atomic E-state index is 12.5. The summed E-state index contributed by atoms with van der Waals surface area (Å²) in [5.41, 5.74) is 2.46. The van der Waals surface area contributed by atoms with E-state index in [1.54, 1.807) is 23.1 Å². The molecule has 2 heterocycles. The summed E-state index contributed by atoms with van der Waals surface area (Å²) < 4.78 is 5.37. The fourth-order valence-corrected chi connectivity index (χ4v) is 3.72. The van der Waals surface area contributed by atoms with Crippen molar-refractivity contribution in [2.45, 2.75) is 19.3 Å². The number of hydrogen-bond acceptors (Lipinski definition) is 4. The van der Waals surface area contributed by atoms with Crippen molar-refractivity contribution in [3.63, 3.8) is 0 Å². The molecule has 1 aliphatic rings. The molecule has 132 valence electrons. The first kappa shape index (κ1) is 17.1. The second-order valence-electron chi connectivity index (χ2n) is 6.28. The minimum Gasteiger partial charge on any atom is -0.334 e. The molecule has 4 rings (SSSR count). The maximum atomic E-state index is 12.5. The van der Waals surface area contributed by atoms with Gasteiger partial charge in [-0.3, -0.25) is 4.79 Å². The lowest BCUT2D eigenvalue weighted by molar-refractivity contribution is -0.117. The van der Waals surface area contributed by atoms with Crippen LogP contribution in [0.1, 0.15) is 23.7 Å². The highest BCUT2D eigenvalue weighted by Crippen LogP contribution is 2.37. The monoisotopic (exact) mass is 387 g/mol. The summed E-state index contributed by atoms with van der Waals surface area (Å²) >= 11 is 12.3. The fraction of sp³-hybridized carbons (Fsp3) is 0.211. The second-order valence-corrected chi connectivity index (χ2v) is 7.12. The van der Waals surface area contributed by atoms with Gasteiger partial charge in [0.05, 0.1) is 10.7 Å². The fourth-order valence-electron chi connectivity index (χ4n) is 3.20. The van der Waals surface area contributed by atoms with Crippen molar-refractivity contribution >= 4 is 34.8 Å². The van der Waals surface area contributed by atoms with E-state index in [2.05, 4.69) is 10.1 Å². The topological polar surface area (TPSA) is 59.2 Å². The average molecular weight is 388 g/mol. The van der Waals surface area contributed by atoms with Gasteiger partial charge in [0.25, 0.3) is 5.89 Å². The minimum absolute atomic E-state index is 0.000283. The van der Waals surface area contributed by atoms with Gasteiger partial charge < -0.3 is 9.42 Å². The molecule has 0 bridgehead atoms. The highest BCUT2D eigenvalue weighted by molar-refractivity contribution is 6.34. The van der Waals surface area contributed by atoms with E-state index in [0.717, 1.165) is 16.8 Å². The Morgan fingerprint density at radius 2 is 2.00 bits per heavy atom. The highest BCUT2D eigenvalue weighted by atomic mass is 35.5. The van der Waals surface area contributed by atoms with E-state index in [4.69, 9.17) is 27.7 Å². The van der Waals surface area contributed by atoms with Crippen LogP contribution in [0.2, 0.25) is 10.0 Å². The van der Waals surface area contributed by atoms with E-state index < -0.39 is 0 Å². The van der Waals surface area contributed by atoms with E-state index in [1.165, 1.54) is 0 Å². The van der Waals surface area contributed by atoms with Crippen molar-refractivity contribution in [3.8, 4) is 11.5 Å². The molecular formula is C19H15Cl2N3O2. The Labute approximate surface area is 160 Å². The molecule has 1 amide bonds. The Bertz CT molecular complexity index is 966. The summed E-state index contributed by atoms with van der Waals surface area (Å²) in [6.45, 7) is 2.41. The molecule has 0 aliphatic carbocycles. The number of carbonyl (C=O) groups is 1. The number of para-hydroxylation sites is 1. The number of anilines is 1. The van der Waals surface area contributed by atoms with Crippen molar-refractivity contribution in [1.82, 2.24) is 10.1 Å². The summed E-state index contributed by atoms with van der Waals surface area (Å²) in [4.78, 5) is 18.7. The lowest BCUT2D eigenvalue weighted by atomic mass is 10.1. The predicted molar refractivity (Wildman–Crippen MR) is 101 cm³/mol. The van der Waals surface area contributed by atoms with Crippen LogP contribution in [0.5, 0.6) is 0 Å². The SMILES string of the molecule is Cc1cccc(Cl)c1N1CC(c2noc(-c3cccc(Cl)c3)n2)CC1=O. The summed E-state index contributed by atoms with van der Waals surface area (Å²) in [5, 5.41) is 5.23. The van der Waals surface area contributed by atoms with Gasteiger partial charge in [0, 0.05) is 29.5 Å². The van der Waals surface area contributed by atoms with Crippen LogP contribution in [0.4, 0.5) is 5.69 Å². The molecule has 0 N–H and O–H groups in total. The minimum atomic E-state index is -0.144. The normalized spacial score (nSPS) is 17.1. The molecule has 1 aliphatic heterocycles. The number of aryl methyl sites for hydroxylation is 1. The van der Waals surface area contributed by atoms with Crippen molar-refractivity contribution in [1.29, 1.82) is 0 Å². The lowest BCUT2D eigenvalue weighted by Crippen LogP contribution is -2.25. The van der Waals surface area contributed by atoms with Crippen LogP contribution in [-0.4, -0.2) is 22.6 Å². The molecule has 5 nitrogen and oxygen atoms in total. The van der Waals surface area contributed by atoms with Gasteiger partial charge in [-0.15, -0.1) is 0 Å². The zero-order valence-corrected chi connectivity index (χ0v) is 15.5. The number of amides is 1. The molecule has 1 saturated heterocycles. The molecule has 1 atom stereocenters. The first-order chi connectivity index (χ1) is 12.5. The molecule has 1 aromatic heterocycles. The van der Waals surface area contributed by atoms with E-state index in [1.807, 2.05) is 31.2 Å². The largest absolute Gasteiger partial charge is 0.334 e. The molecule has 7 heteroatoms. The van der Waals surface area contributed by atoms with Crippen LogP contribution in [0.3, 0.4) is 0 Å². The maximum Gasteiger partial charge on any atom is 0.257 e. The van der Waals surface area contributed by atoms with Crippen LogP contribution in [-0.2, 0) is 4.79 Å². The van der Waals surface area contributed by atoms with Crippen molar-refractivity contribution in [3.05, 3.63) is 63.9 Å². The number of rotatable bonds is 3. The summed E-state index contributed by atoms with van der Waals surface area (Å²) in [5.74, 6) is 0.762. The van der Waals surface area contributed by atoms with Gasteiger partial charge in [-0.1, -0.05) is 46.6 Å². The number of carbonyl (C=O) groups excluding carboxylic acids is 1. The molecule has 1 fully saturated rings. The highest BCUT2D eigenvalue weighted by Gasteiger charge is 2.36. The van der Waals surface area contributed by atoms with Crippen LogP contribution in [0.15, 0.2) is 47.0 Å². The Kier molecular flexibility index (Phi) is 4.42. The van der Waals surface area contributed by atoms with Gasteiger partial charge in [0.1, 0.15) is 0 Å². The summed E-state index contributed by atoms with van der Waals surface area (Å²) in [6.07, 6.45) is 0.319. The molecule has 26 heavy (non-hydrogen) atoms. The van der Waals surface area contributed by atoms with Crippen LogP contribution < -0.4 is 4.90 Å². The van der Waals surface area contributed by atoms with Crippen molar-refractivity contribution in [2.75, 3.05) is 11.4 Å². The second kappa shape index (κ2) is 6.74. The first-order valence-corrected chi connectivity index (χ1v) is 8.93. The third-order valence-corrected chi connectivity index (χ3v) is 5.00. The van der Waals surface area contributed by atoms with Crippen molar-refractivity contribution < 1.29 is 9.32 Å². The molecular weight excluding hydrogens is 373 g/mol. The lowest BCUT2D eigenvalue weighted by Gasteiger charge is -2.20. The molecule has 3 aromatic rings. The number of benzene rings is 2. The third-order valence-electron chi connectivity index (χ3n) is 4.46. The van der Waals surface area contributed by atoms with E-state index in [9.17, 15) is 4.79 Å². The zero-order valence-electron chi connectivity index (χ0n) is 13.9. The van der Waals surface area contributed by atoms with Crippen LogP contribution >= 0.6 is 23.2 Å². The smallest absolute Gasteiger partial charge is 0.257 e. The molecule has 0 radical (unpaired) electrons. The molecule has 0 saturated carbocycles. The van der Waals surface area contributed by atoms with E-state index >= 15 is 0 Å². The van der Waals surface area contributed by atoms with Gasteiger partial charge in [0.2, 0.25) is 5.91 Å². The van der Waals surface area contributed by atoms with Crippen LogP contribution in [0.25, 0.3) is 11.5 Å². The Balaban J connectivity index is 1.60. The Hall–Kier alpha value is -2.37. The first-order valence-electron chi connectivity index (χ1n) is 8.18. The molecule has 1 unspecified atom stereocenters. The molecule has 0 spiro atoms. The van der Waals surface area contributed by atoms with Gasteiger partial charge >= 0.3 is 0 Å². The Morgan fingerprint density at radius 3 is 2.77 bits per heavy atom. The summed E-state index contributed by atoms with van der Waals surface area (Å²) in [6, 6.07) is 12.8. The van der Waals surface area contributed by atoms with Gasteiger partial charge in [-0.25, -0.2) is 0 Å². The van der Waals surface area contributed by atoms with Crippen molar-refractivity contribution in [2.24, 2.45) is 0 Å². The predicted octanol–water partition coefficient (Wildman–Crippen LogP) is 4.87. The van der Waals surface area contributed by atoms with Crippen LogP contribution in [0, 0.1) is 6.92 Å². The Morgan fingerprint density at radius 1 is 1.19 bits per heavy atom. The average Bonchev–Trinajstić information content (AvgIpc) is 3.22. The van der Waals surface area contributed by atoms with Gasteiger partial charge in [-0.2, -0.15) is 4.98 Å². The summed E-state index contributed by atoms with van der Waals surface area (Å²) in [7, 11) is 0. The number of hydrogen-bond donors (Lipinski definition) is 0. The van der Waals surface area contributed by atoms with Gasteiger partial charge in [0.15, 0.2) is 5.82 Å². The standard InChI is InChI=1S/C19H15Cl2N3O2/c1-11-4-2-7-15(21)17(11)24-10-13(9-16(24)25)18-22-19(26-23-18)12-5-3-6-14(20)8-12/h2-8,13H,9-10H2,1H3. The third kappa shape index (κ3) is 3.08. The van der Waals surface area contributed by atoms with Gasteiger partial charge in [-0.05, 0) is 36.8 Å².